The van der Waals surface area contributed by atoms with E-state index in [0.29, 0.717) is 5.56 Å². The number of benzene rings is 1. The Balaban J connectivity index is 1.95. The van der Waals surface area contributed by atoms with Gasteiger partial charge in [-0.05, 0) is 37.1 Å². The van der Waals surface area contributed by atoms with Crippen molar-refractivity contribution in [2.45, 2.75) is 32.1 Å². The number of aliphatic hydroxyl groups excluding tert-OH is 1. The molecule has 0 heterocycles. The number of carbonyl (C=O) groups excluding carboxylic acids is 1. The van der Waals surface area contributed by atoms with Gasteiger partial charge in [0.2, 0.25) is 0 Å². The van der Waals surface area contributed by atoms with Crippen LogP contribution in [-0.2, 0) is 0 Å². The highest BCUT2D eigenvalue weighted by molar-refractivity contribution is 5.94. The Morgan fingerprint density at radius 1 is 1.19 bits per heavy atom. The van der Waals surface area contributed by atoms with Crippen LogP contribution in [0.25, 0.3) is 0 Å². The molecule has 1 aliphatic rings. The van der Waals surface area contributed by atoms with E-state index in [1.165, 1.54) is 19.3 Å². The predicted octanol–water partition coefficient (Wildman–Crippen LogP) is 2.74. The van der Waals surface area contributed by atoms with Crippen molar-refractivity contribution in [3.63, 3.8) is 0 Å². The first-order valence-electron chi connectivity index (χ1n) is 7.73. The first-order valence-corrected chi connectivity index (χ1v) is 7.73. The zero-order chi connectivity index (χ0) is 15.3. The van der Waals surface area contributed by atoms with Crippen LogP contribution in [0.15, 0.2) is 24.3 Å². The van der Waals surface area contributed by atoms with E-state index >= 15 is 0 Å². The Morgan fingerprint density at radius 2 is 1.81 bits per heavy atom. The summed E-state index contributed by atoms with van der Waals surface area (Å²) in [5.41, 5.74) is 1.72. The lowest BCUT2D eigenvalue weighted by Crippen LogP contribution is -2.35. The number of aliphatic hydroxyl groups is 1. The quantitative estimate of drug-likeness (QED) is 0.876. The molecule has 1 aromatic rings. The molecular weight excluding hydrogens is 264 g/mol. The fraction of sp³-hybridized carbons (Fsp3) is 0.588. The van der Waals surface area contributed by atoms with Gasteiger partial charge in [-0.25, -0.2) is 0 Å². The van der Waals surface area contributed by atoms with Crippen molar-refractivity contribution in [2.75, 3.05) is 32.6 Å². The van der Waals surface area contributed by atoms with E-state index < -0.39 is 0 Å². The molecule has 0 unspecified atom stereocenters. The van der Waals surface area contributed by atoms with Gasteiger partial charge in [0.25, 0.3) is 5.91 Å². The van der Waals surface area contributed by atoms with Crippen LogP contribution < -0.4 is 5.32 Å². The molecule has 0 spiro atoms. The minimum Gasteiger partial charge on any atom is -0.396 e. The molecule has 1 saturated carbocycles. The second-order valence-electron chi connectivity index (χ2n) is 6.35. The Kier molecular flexibility index (Phi) is 5.23. The normalized spacial score (nSPS) is 17.3. The molecule has 0 aliphatic heterocycles. The van der Waals surface area contributed by atoms with Gasteiger partial charge in [0.1, 0.15) is 0 Å². The summed E-state index contributed by atoms with van der Waals surface area (Å²) in [6.45, 7) is 1.04. The van der Waals surface area contributed by atoms with Gasteiger partial charge in [-0.2, -0.15) is 0 Å². The molecule has 2 N–H and O–H groups in total. The second-order valence-corrected chi connectivity index (χ2v) is 6.35. The SMILES string of the molecule is CN(C)C(=O)c1ccc(NCC2(CO)CCCCC2)cc1. The first-order chi connectivity index (χ1) is 10.1. The second kappa shape index (κ2) is 6.94. The fourth-order valence-electron chi connectivity index (χ4n) is 2.97. The number of hydrogen-bond donors (Lipinski definition) is 2. The number of hydrogen-bond acceptors (Lipinski definition) is 3. The Morgan fingerprint density at radius 3 is 2.33 bits per heavy atom. The van der Waals surface area contributed by atoms with Crippen molar-refractivity contribution >= 4 is 11.6 Å². The molecule has 0 radical (unpaired) electrons. The molecule has 21 heavy (non-hydrogen) atoms. The van der Waals surface area contributed by atoms with Crippen molar-refractivity contribution in [3.8, 4) is 0 Å². The number of nitrogens with one attached hydrogen (secondary N) is 1. The standard InChI is InChI=1S/C17H26N2O2/c1-19(2)16(21)14-6-8-15(9-7-14)18-12-17(13-20)10-4-3-5-11-17/h6-9,18,20H,3-5,10-13H2,1-2H3. The molecule has 1 aliphatic carbocycles. The zero-order valence-corrected chi connectivity index (χ0v) is 13.1. The minimum absolute atomic E-state index is 0.0145. The van der Waals surface area contributed by atoms with Crippen LogP contribution >= 0.6 is 0 Å². The third kappa shape index (κ3) is 3.97. The summed E-state index contributed by atoms with van der Waals surface area (Å²) in [4.78, 5) is 13.4. The monoisotopic (exact) mass is 290 g/mol. The Labute approximate surface area is 127 Å². The van der Waals surface area contributed by atoms with E-state index in [4.69, 9.17) is 0 Å². The summed E-state index contributed by atoms with van der Waals surface area (Å²) in [6, 6.07) is 7.56. The molecule has 4 nitrogen and oxygen atoms in total. The lowest BCUT2D eigenvalue weighted by Gasteiger charge is -2.36. The van der Waals surface area contributed by atoms with E-state index in [0.717, 1.165) is 25.1 Å². The van der Waals surface area contributed by atoms with Gasteiger partial charge in [0, 0.05) is 37.3 Å². The van der Waals surface area contributed by atoms with Crippen LogP contribution in [0.5, 0.6) is 0 Å². The van der Waals surface area contributed by atoms with Crippen LogP contribution in [0.3, 0.4) is 0 Å². The first kappa shape index (κ1) is 15.8. The van der Waals surface area contributed by atoms with Gasteiger partial charge in [-0.3, -0.25) is 4.79 Å². The van der Waals surface area contributed by atoms with Crippen molar-refractivity contribution in [1.29, 1.82) is 0 Å². The minimum atomic E-state index is 0.0145. The lowest BCUT2D eigenvalue weighted by molar-refractivity contribution is 0.0827. The Hall–Kier alpha value is -1.55. The number of amides is 1. The maximum atomic E-state index is 11.8. The maximum Gasteiger partial charge on any atom is 0.253 e. The third-order valence-electron chi connectivity index (χ3n) is 4.46. The maximum absolute atomic E-state index is 11.8. The summed E-state index contributed by atoms with van der Waals surface area (Å²) in [6.07, 6.45) is 5.88. The molecule has 0 saturated heterocycles. The Bertz CT molecular complexity index is 462. The number of carbonyl (C=O) groups is 1. The third-order valence-corrected chi connectivity index (χ3v) is 4.46. The van der Waals surface area contributed by atoms with E-state index in [1.807, 2.05) is 24.3 Å². The molecule has 116 valence electrons. The molecule has 1 aromatic carbocycles. The molecule has 0 aromatic heterocycles. The highest BCUT2D eigenvalue weighted by atomic mass is 16.3. The van der Waals surface area contributed by atoms with E-state index in [9.17, 15) is 9.90 Å². The van der Waals surface area contributed by atoms with Crippen LogP contribution in [-0.4, -0.2) is 43.2 Å². The average molecular weight is 290 g/mol. The van der Waals surface area contributed by atoms with Gasteiger partial charge in [-0.1, -0.05) is 19.3 Å². The van der Waals surface area contributed by atoms with Gasteiger partial charge >= 0.3 is 0 Å². The summed E-state index contributed by atoms with van der Waals surface area (Å²) in [7, 11) is 3.51. The van der Waals surface area contributed by atoms with E-state index in [1.54, 1.807) is 19.0 Å². The van der Waals surface area contributed by atoms with Gasteiger partial charge < -0.3 is 15.3 Å². The smallest absolute Gasteiger partial charge is 0.253 e. The molecule has 1 fully saturated rings. The number of rotatable bonds is 5. The molecule has 0 atom stereocenters. The van der Waals surface area contributed by atoms with Gasteiger partial charge in [0.15, 0.2) is 0 Å². The predicted molar refractivity (Wildman–Crippen MR) is 85.6 cm³/mol. The summed E-state index contributed by atoms with van der Waals surface area (Å²) in [5.74, 6) is 0.0145. The average Bonchev–Trinajstić information content (AvgIpc) is 2.53. The van der Waals surface area contributed by atoms with E-state index in [-0.39, 0.29) is 17.9 Å². The molecule has 2 rings (SSSR count). The van der Waals surface area contributed by atoms with Gasteiger partial charge in [-0.15, -0.1) is 0 Å². The molecule has 1 amide bonds. The lowest BCUT2D eigenvalue weighted by atomic mass is 9.74. The van der Waals surface area contributed by atoms with Crippen LogP contribution in [0.1, 0.15) is 42.5 Å². The highest BCUT2D eigenvalue weighted by Gasteiger charge is 2.31. The van der Waals surface area contributed by atoms with Crippen LogP contribution in [0.4, 0.5) is 5.69 Å². The van der Waals surface area contributed by atoms with Gasteiger partial charge in [0.05, 0.1) is 6.61 Å². The topological polar surface area (TPSA) is 52.6 Å². The summed E-state index contributed by atoms with van der Waals surface area (Å²) >= 11 is 0. The highest BCUT2D eigenvalue weighted by Crippen LogP contribution is 2.36. The zero-order valence-electron chi connectivity index (χ0n) is 13.1. The fourth-order valence-corrected chi connectivity index (χ4v) is 2.97. The van der Waals surface area contributed by atoms with Crippen molar-refractivity contribution in [3.05, 3.63) is 29.8 Å². The molecule has 4 heteroatoms. The largest absolute Gasteiger partial charge is 0.396 e. The van der Waals surface area contributed by atoms with Crippen LogP contribution in [0.2, 0.25) is 0 Å². The molecule has 0 bridgehead atoms. The summed E-state index contributed by atoms with van der Waals surface area (Å²) in [5, 5.41) is 13.1. The summed E-state index contributed by atoms with van der Waals surface area (Å²) < 4.78 is 0. The van der Waals surface area contributed by atoms with Crippen LogP contribution in [0, 0.1) is 5.41 Å². The number of anilines is 1. The van der Waals surface area contributed by atoms with Crippen molar-refractivity contribution < 1.29 is 9.90 Å². The number of nitrogens with zero attached hydrogens (tertiary/aromatic N) is 1. The van der Waals surface area contributed by atoms with Crippen molar-refractivity contribution in [1.82, 2.24) is 4.90 Å². The molecular formula is C17H26N2O2. The van der Waals surface area contributed by atoms with E-state index in [2.05, 4.69) is 5.32 Å². The van der Waals surface area contributed by atoms with Crippen molar-refractivity contribution in [2.24, 2.45) is 5.41 Å².